The molecule has 1 atom stereocenters. The summed E-state index contributed by atoms with van der Waals surface area (Å²) in [5.41, 5.74) is 1.28. The van der Waals surface area contributed by atoms with Gasteiger partial charge in [-0.1, -0.05) is 44.2 Å². The smallest absolute Gasteiger partial charge is 0.191 e. The fourth-order valence-corrected chi connectivity index (χ4v) is 3.25. The fourth-order valence-electron chi connectivity index (χ4n) is 3.25. The van der Waals surface area contributed by atoms with Crippen LogP contribution in [0.25, 0.3) is 0 Å². The maximum atomic E-state index is 5.82. The van der Waals surface area contributed by atoms with Gasteiger partial charge in [0.05, 0.1) is 6.10 Å². The van der Waals surface area contributed by atoms with E-state index in [1.165, 1.54) is 5.56 Å². The van der Waals surface area contributed by atoms with Gasteiger partial charge in [0, 0.05) is 51.6 Å². The van der Waals surface area contributed by atoms with Crippen molar-refractivity contribution in [1.82, 2.24) is 20.2 Å². The van der Waals surface area contributed by atoms with Gasteiger partial charge in [0.1, 0.15) is 5.82 Å². The van der Waals surface area contributed by atoms with Crippen molar-refractivity contribution >= 4 is 29.9 Å². The van der Waals surface area contributed by atoms with E-state index < -0.39 is 0 Å². The predicted molar refractivity (Wildman–Crippen MR) is 136 cm³/mol. The van der Waals surface area contributed by atoms with Gasteiger partial charge < -0.3 is 19.9 Å². The first-order chi connectivity index (χ1) is 14.1. The molecule has 1 aromatic heterocycles. The summed E-state index contributed by atoms with van der Waals surface area (Å²) in [5.74, 6) is 2.44. The van der Waals surface area contributed by atoms with E-state index in [4.69, 9.17) is 9.73 Å². The monoisotopic (exact) mass is 527 g/mol. The molecular formula is C23H38IN5O. The molecule has 2 rings (SSSR count). The highest BCUT2D eigenvalue weighted by atomic mass is 127. The minimum absolute atomic E-state index is 0. The summed E-state index contributed by atoms with van der Waals surface area (Å²) in [4.78, 5) is 9.24. The van der Waals surface area contributed by atoms with Crippen LogP contribution in [0.3, 0.4) is 0 Å². The third-order valence-corrected chi connectivity index (χ3v) is 4.79. The quantitative estimate of drug-likeness (QED) is 0.248. The molecule has 0 aliphatic rings. The van der Waals surface area contributed by atoms with Crippen LogP contribution < -0.4 is 10.6 Å². The molecule has 0 aliphatic carbocycles. The molecule has 2 N–H and O–H groups in total. The number of aromatic nitrogens is 2. The highest BCUT2D eigenvalue weighted by Crippen LogP contribution is 2.10. The average molecular weight is 527 g/mol. The second-order valence-corrected chi connectivity index (χ2v) is 7.42. The minimum Gasteiger partial charge on any atom is -0.378 e. The standard InChI is InChI=1S/C23H37N5O.HI/c1-5-24-23(26-14-12-21(19(3)4)29-6-2)27-15-13-22-25-16-17-28(22)18-20-10-8-7-9-11-20;/h7-11,16-17,19,21H,5-6,12-15,18H2,1-4H3,(H2,24,26,27);1H. The Hall–Kier alpha value is -1.61. The first-order valence-corrected chi connectivity index (χ1v) is 10.8. The Labute approximate surface area is 198 Å². The van der Waals surface area contributed by atoms with Crippen molar-refractivity contribution in [3.05, 3.63) is 54.1 Å². The lowest BCUT2D eigenvalue weighted by Gasteiger charge is -2.20. The number of guanidine groups is 1. The lowest BCUT2D eigenvalue weighted by Crippen LogP contribution is -2.38. The van der Waals surface area contributed by atoms with Gasteiger partial charge in [0.15, 0.2) is 5.96 Å². The fraction of sp³-hybridized carbons (Fsp3) is 0.565. The SMILES string of the molecule is CCNC(=NCCC(OCC)C(C)C)NCCc1nccn1Cc1ccccc1.I. The normalized spacial score (nSPS) is 12.5. The lowest BCUT2D eigenvalue weighted by molar-refractivity contribution is 0.0266. The molecule has 6 nitrogen and oxygen atoms in total. The van der Waals surface area contributed by atoms with Crippen molar-refractivity contribution in [3.8, 4) is 0 Å². The Morgan fingerprint density at radius 3 is 2.60 bits per heavy atom. The Kier molecular flexibility index (Phi) is 13.4. The highest BCUT2D eigenvalue weighted by molar-refractivity contribution is 14.0. The maximum Gasteiger partial charge on any atom is 0.191 e. The molecule has 0 aliphatic heterocycles. The van der Waals surface area contributed by atoms with Gasteiger partial charge in [-0.2, -0.15) is 0 Å². The second-order valence-electron chi connectivity index (χ2n) is 7.42. The molecule has 0 bridgehead atoms. The summed E-state index contributed by atoms with van der Waals surface area (Å²) in [6.45, 7) is 12.5. The van der Waals surface area contributed by atoms with E-state index in [2.05, 4.69) is 65.2 Å². The average Bonchev–Trinajstić information content (AvgIpc) is 3.15. The molecule has 0 spiro atoms. The van der Waals surface area contributed by atoms with E-state index in [-0.39, 0.29) is 30.1 Å². The first kappa shape index (κ1) is 26.4. The van der Waals surface area contributed by atoms with E-state index in [1.807, 2.05) is 25.4 Å². The minimum atomic E-state index is 0. The van der Waals surface area contributed by atoms with Crippen LogP contribution in [0.4, 0.5) is 0 Å². The zero-order valence-electron chi connectivity index (χ0n) is 18.8. The Morgan fingerprint density at radius 1 is 1.17 bits per heavy atom. The van der Waals surface area contributed by atoms with Crippen molar-refractivity contribution in [1.29, 1.82) is 0 Å². The molecule has 0 amide bonds. The molecule has 0 fully saturated rings. The summed E-state index contributed by atoms with van der Waals surface area (Å²) in [5, 5.41) is 6.75. The van der Waals surface area contributed by atoms with Crippen LogP contribution in [-0.2, 0) is 17.7 Å². The number of hydrogen-bond donors (Lipinski definition) is 2. The van der Waals surface area contributed by atoms with E-state index >= 15 is 0 Å². The molecule has 168 valence electrons. The molecule has 30 heavy (non-hydrogen) atoms. The Bertz CT molecular complexity index is 717. The maximum absolute atomic E-state index is 5.82. The number of benzene rings is 1. The van der Waals surface area contributed by atoms with Crippen molar-refractivity contribution in [2.45, 2.75) is 53.2 Å². The number of nitrogens with one attached hydrogen (secondary N) is 2. The number of rotatable bonds is 12. The van der Waals surface area contributed by atoms with Gasteiger partial charge >= 0.3 is 0 Å². The molecular weight excluding hydrogens is 489 g/mol. The highest BCUT2D eigenvalue weighted by Gasteiger charge is 2.12. The molecule has 7 heteroatoms. The third kappa shape index (κ3) is 9.47. The molecule has 0 saturated heterocycles. The molecule has 2 aromatic rings. The van der Waals surface area contributed by atoms with Gasteiger partial charge in [-0.25, -0.2) is 4.98 Å². The van der Waals surface area contributed by atoms with E-state index in [1.54, 1.807) is 0 Å². The Morgan fingerprint density at radius 2 is 1.93 bits per heavy atom. The zero-order chi connectivity index (χ0) is 20.9. The third-order valence-electron chi connectivity index (χ3n) is 4.79. The van der Waals surface area contributed by atoms with Crippen LogP contribution in [-0.4, -0.2) is 47.9 Å². The van der Waals surface area contributed by atoms with E-state index in [9.17, 15) is 0 Å². The topological polar surface area (TPSA) is 63.5 Å². The van der Waals surface area contributed by atoms with Gasteiger partial charge in [-0.05, 0) is 31.7 Å². The van der Waals surface area contributed by atoms with Crippen LogP contribution in [0, 0.1) is 5.92 Å². The summed E-state index contributed by atoms with van der Waals surface area (Å²) in [6, 6.07) is 10.5. The molecule has 1 unspecified atom stereocenters. The van der Waals surface area contributed by atoms with Crippen LogP contribution in [0.1, 0.15) is 45.5 Å². The van der Waals surface area contributed by atoms with Gasteiger partial charge in [-0.15, -0.1) is 24.0 Å². The molecule has 0 saturated carbocycles. The summed E-state index contributed by atoms with van der Waals surface area (Å²) >= 11 is 0. The van der Waals surface area contributed by atoms with Gasteiger partial charge in [0.25, 0.3) is 0 Å². The number of halogens is 1. The van der Waals surface area contributed by atoms with Crippen LogP contribution >= 0.6 is 24.0 Å². The summed E-state index contributed by atoms with van der Waals surface area (Å²) < 4.78 is 8.02. The summed E-state index contributed by atoms with van der Waals surface area (Å²) in [6.07, 6.45) is 5.96. The molecule has 1 aromatic carbocycles. The van der Waals surface area contributed by atoms with Crippen LogP contribution in [0.5, 0.6) is 0 Å². The number of ether oxygens (including phenoxy) is 1. The largest absolute Gasteiger partial charge is 0.378 e. The van der Waals surface area contributed by atoms with Crippen molar-refractivity contribution in [3.63, 3.8) is 0 Å². The summed E-state index contributed by atoms with van der Waals surface area (Å²) in [7, 11) is 0. The molecule has 0 radical (unpaired) electrons. The first-order valence-electron chi connectivity index (χ1n) is 10.8. The number of aliphatic imine (C=N–C) groups is 1. The lowest BCUT2D eigenvalue weighted by atomic mass is 10.0. The Balaban J connectivity index is 0.00000450. The van der Waals surface area contributed by atoms with Crippen molar-refractivity contribution < 1.29 is 4.74 Å². The number of imidazole rings is 1. The van der Waals surface area contributed by atoms with Crippen LogP contribution in [0.2, 0.25) is 0 Å². The van der Waals surface area contributed by atoms with E-state index in [0.29, 0.717) is 5.92 Å². The van der Waals surface area contributed by atoms with Crippen LogP contribution in [0.15, 0.2) is 47.7 Å². The zero-order valence-corrected chi connectivity index (χ0v) is 21.1. The van der Waals surface area contributed by atoms with E-state index in [0.717, 1.165) is 57.4 Å². The van der Waals surface area contributed by atoms with Crippen molar-refractivity contribution in [2.75, 3.05) is 26.2 Å². The number of nitrogens with zero attached hydrogens (tertiary/aromatic N) is 3. The molecule has 1 heterocycles. The van der Waals surface area contributed by atoms with Gasteiger partial charge in [0.2, 0.25) is 0 Å². The van der Waals surface area contributed by atoms with Crippen molar-refractivity contribution in [2.24, 2.45) is 10.9 Å². The van der Waals surface area contributed by atoms with Gasteiger partial charge in [-0.3, -0.25) is 4.99 Å². The second kappa shape index (κ2) is 15.2. The predicted octanol–water partition coefficient (Wildman–Crippen LogP) is 4.10. The number of hydrogen-bond acceptors (Lipinski definition) is 3.